The van der Waals surface area contributed by atoms with E-state index in [9.17, 15) is 14.4 Å². The van der Waals surface area contributed by atoms with E-state index in [1.165, 1.54) is 17.8 Å². The number of pyridine rings is 1. The summed E-state index contributed by atoms with van der Waals surface area (Å²) in [5.41, 5.74) is 6.14. The molecule has 0 spiro atoms. The van der Waals surface area contributed by atoms with Crippen molar-refractivity contribution in [2.24, 2.45) is 0 Å². The molecule has 0 unspecified atom stereocenters. The summed E-state index contributed by atoms with van der Waals surface area (Å²) in [4.78, 5) is 23.9. The number of nitriles is 1. The second-order valence-electron chi connectivity index (χ2n) is 4.37. The monoisotopic (exact) mass is 364 g/mol. The number of halogens is 1. The van der Waals surface area contributed by atoms with Crippen LogP contribution in [0, 0.1) is 11.3 Å². The minimum atomic E-state index is -0.707. The predicted octanol–water partition coefficient (Wildman–Crippen LogP) is 2.25. The predicted molar refractivity (Wildman–Crippen MR) is 91.3 cm³/mol. The molecule has 0 aliphatic rings. The van der Waals surface area contributed by atoms with Gasteiger partial charge in [0, 0.05) is 0 Å². The molecule has 0 saturated carbocycles. The topological polar surface area (TPSA) is 118 Å². The Bertz CT molecular complexity index is 795. The lowest BCUT2D eigenvalue weighted by Crippen LogP contribution is -2.15. The number of rotatable bonds is 6. The van der Waals surface area contributed by atoms with Crippen LogP contribution in [0.3, 0.4) is 0 Å². The van der Waals surface area contributed by atoms with Gasteiger partial charge in [0.05, 0.1) is 11.4 Å². The molecule has 1 amide bonds. The number of nitrogens with one attached hydrogen (secondary N) is 1. The Labute approximate surface area is 146 Å². The Balaban J connectivity index is 2.06. The van der Waals surface area contributed by atoms with E-state index in [0.717, 1.165) is 11.8 Å². The molecular weight excluding hydrogens is 351 g/mol. The van der Waals surface area contributed by atoms with Gasteiger partial charge in [-0.1, -0.05) is 17.8 Å². The molecule has 0 atom stereocenters. The van der Waals surface area contributed by atoms with Crippen LogP contribution in [0.15, 0.2) is 28.3 Å². The van der Waals surface area contributed by atoms with Crippen molar-refractivity contribution in [1.82, 2.24) is 15.0 Å². The van der Waals surface area contributed by atoms with Gasteiger partial charge in [0.1, 0.15) is 34.2 Å². The van der Waals surface area contributed by atoms with Gasteiger partial charge in [-0.05, 0) is 18.4 Å². The summed E-state index contributed by atoms with van der Waals surface area (Å²) >= 11 is 2.35. The van der Waals surface area contributed by atoms with Crippen molar-refractivity contribution in [1.29, 1.82) is 5.26 Å². The third-order valence-corrected chi connectivity index (χ3v) is 4.37. The fraction of sp³-hybridized carbons (Fsp3) is 0.214. The van der Waals surface area contributed by atoms with Crippen LogP contribution in [0.4, 0.5) is 16.2 Å². The van der Waals surface area contributed by atoms with Crippen molar-refractivity contribution < 1.29 is 9.18 Å². The number of nitrogens with zero attached hydrogens (tertiary/aromatic N) is 4. The quantitative estimate of drug-likeness (QED) is 0.592. The SMILES string of the molecule is CSc1nc(N)nc(SCC(=O)Nc2cccc(CF)n2)c1C#N. The molecule has 0 aliphatic heterocycles. The molecule has 124 valence electrons. The normalized spacial score (nSPS) is 10.2. The van der Waals surface area contributed by atoms with Crippen molar-refractivity contribution in [3.8, 4) is 6.07 Å². The van der Waals surface area contributed by atoms with Crippen LogP contribution >= 0.6 is 23.5 Å². The molecule has 2 heterocycles. The highest BCUT2D eigenvalue weighted by molar-refractivity contribution is 8.00. The average molecular weight is 364 g/mol. The number of nitrogens with two attached hydrogens (primary N) is 1. The average Bonchev–Trinajstić information content (AvgIpc) is 2.59. The van der Waals surface area contributed by atoms with Crippen molar-refractivity contribution in [3.05, 3.63) is 29.5 Å². The van der Waals surface area contributed by atoms with Gasteiger partial charge in [0.15, 0.2) is 0 Å². The highest BCUT2D eigenvalue weighted by Crippen LogP contribution is 2.27. The summed E-state index contributed by atoms with van der Waals surface area (Å²) in [6.45, 7) is -0.707. The van der Waals surface area contributed by atoms with Gasteiger partial charge >= 0.3 is 0 Å². The fourth-order valence-corrected chi connectivity index (χ4v) is 3.10. The van der Waals surface area contributed by atoms with Crippen LogP contribution in [0.2, 0.25) is 0 Å². The van der Waals surface area contributed by atoms with Gasteiger partial charge in [-0.15, -0.1) is 11.8 Å². The molecule has 0 bridgehead atoms. The number of nitrogen functional groups attached to an aromatic ring is 1. The number of carbonyl (C=O) groups excluding carboxylic acids is 1. The van der Waals surface area contributed by atoms with E-state index in [4.69, 9.17) is 5.73 Å². The minimum absolute atomic E-state index is 0.000483. The maximum atomic E-state index is 12.6. The van der Waals surface area contributed by atoms with E-state index in [0.29, 0.717) is 10.1 Å². The Morgan fingerprint density at radius 3 is 2.79 bits per heavy atom. The molecule has 2 aromatic rings. The van der Waals surface area contributed by atoms with Gasteiger partial charge < -0.3 is 11.1 Å². The molecule has 3 N–H and O–H groups in total. The molecule has 0 saturated heterocycles. The molecule has 0 radical (unpaired) electrons. The third kappa shape index (κ3) is 4.56. The number of hydrogen-bond donors (Lipinski definition) is 2. The first-order valence-corrected chi connectivity index (χ1v) is 8.84. The largest absolute Gasteiger partial charge is 0.368 e. The maximum absolute atomic E-state index is 12.6. The van der Waals surface area contributed by atoms with Gasteiger partial charge in [0.2, 0.25) is 11.9 Å². The van der Waals surface area contributed by atoms with Gasteiger partial charge in [0.25, 0.3) is 0 Å². The van der Waals surface area contributed by atoms with Crippen LogP contribution < -0.4 is 11.1 Å². The standard InChI is InChI=1S/C14H13FN6OS2/c1-23-12-9(6-16)13(21-14(17)20-12)24-7-11(22)19-10-4-2-3-8(5-15)18-10/h2-4H,5,7H2,1H3,(H2,17,20,21)(H,18,19,22). The van der Waals surface area contributed by atoms with Gasteiger partial charge in [-0.3, -0.25) is 4.79 Å². The maximum Gasteiger partial charge on any atom is 0.235 e. The zero-order valence-electron chi connectivity index (χ0n) is 12.6. The summed E-state index contributed by atoms with van der Waals surface area (Å²) in [6, 6.07) is 6.72. The Morgan fingerprint density at radius 1 is 1.38 bits per heavy atom. The molecule has 0 fully saturated rings. The molecule has 24 heavy (non-hydrogen) atoms. The van der Waals surface area contributed by atoms with E-state index >= 15 is 0 Å². The molecule has 2 aromatic heterocycles. The number of anilines is 2. The summed E-state index contributed by atoms with van der Waals surface area (Å²) in [6.07, 6.45) is 1.77. The first-order chi connectivity index (χ1) is 11.6. The number of aromatic nitrogens is 3. The second-order valence-corrected chi connectivity index (χ2v) is 6.13. The summed E-state index contributed by atoms with van der Waals surface area (Å²) in [5.74, 6) is -0.0439. The summed E-state index contributed by atoms with van der Waals surface area (Å²) < 4.78 is 12.6. The lowest BCUT2D eigenvalue weighted by Gasteiger charge is -2.08. The Hall–Kier alpha value is -2.38. The molecule has 7 nitrogen and oxygen atoms in total. The molecule has 2 rings (SSSR count). The first kappa shape index (κ1) is 18.0. The summed E-state index contributed by atoms with van der Waals surface area (Å²) in [5, 5.41) is 12.6. The summed E-state index contributed by atoms with van der Waals surface area (Å²) in [7, 11) is 0. The smallest absolute Gasteiger partial charge is 0.235 e. The van der Waals surface area contributed by atoms with Crippen molar-refractivity contribution in [2.45, 2.75) is 16.7 Å². The fourth-order valence-electron chi connectivity index (χ4n) is 1.72. The third-order valence-electron chi connectivity index (χ3n) is 2.72. The lowest BCUT2D eigenvalue weighted by molar-refractivity contribution is -0.113. The zero-order chi connectivity index (χ0) is 17.5. The van der Waals surface area contributed by atoms with Crippen LogP contribution in [-0.4, -0.2) is 32.9 Å². The van der Waals surface area contributed by atoms with Crippen LogP contribution in [0.1, 0.15) is 11.3 Å². The highest BCUT2D eigenvalue weighted by Gasteiger charge is 2.15. The zero-order valence-corrected chi connectivity index (χ0v) is 14.2. The molecule has 0 aliphatic carbocycles. The van der Waals surface area contributed by atoms with Crippen LogP contribution in [-0.2, 0) is 11.5 Å². The van der Waals surface area contributed by atoms with Crippen molar-refractivity contribution in [3.63, 3.8) is 0 Å². The second kappa shape index (κ2) is 8.47. The number of hydrogen-bond acceptors (Lipinski definition) is 8. The van der Waals surface area contributed by atoms with E-state index in [2.05, 4.69) is 20.3 Å². The van der Waals surface area contributed by atoms with Gasteiger partial charge in [-0.25, -0.2) is 19.3 Å². The number of thioether (sulfide) groups is 2. The Kier molecular flexibility index (Phi) is 6.34. The highest BCUT2D eigenvalue weighted by atomic mass is 32.2. The van der Waals surface area contributed by atoms with E-state index < -0.39 is 6.67 Å². The Morgan fingerprint density at radius 2 is 2.12 bits per heavy atom. The number of amides is 1. The molecule has 10 heteroatoms. The van der Waals surface area contributed by atoms with Gasteiger partial charge in [-0.2, -0.15) is 5.26 Å². The molecular formula is C14H13FN6OS2. The van der Waals surface area contributed by atoms with E-state index in [1.54, 1.807) is 18.4 Å². The number of alkyl halides is 1. The van der Waals surface area contributed by atoms with E-state index in [-0.39, 0.29) is 34.7 Å². The van der Waals surface area contributed by atoms with Crippen LogP contribution in [0.5, 0.6) is 0 Å². The number of carbonyl (C=O) groups is 1. The van der Waals surface area contributed by atoms with E-state index in [1.807, 2.05) is 6.07 Å². The first-order valence-electron chi connectivity index (χ1n) is 6.63. The minimum Gasteiger partial charge on any atom is -0.368 e. The lowest BCUT2D eigenvalue weighted by atomic mass is 10.3. The van der Waals surface area contributed by atoms with Crippen molar-refractivity contribution in [2.75, 3.05) is 23.1 Å². The van der Waals surface area contributed by atoms with Crippen LogP contribution in [0.25, 0.3) is 0 Å². The van der Waals surface area contributed by atoms with Crippen molar-refractivity contribution >= 4 is 41.2 Å². The molecule has 0 aromatic carbocycles.